The largest absolute Gasteiger partial charge is 0.469 e. The lowest BCUT2D eigenvalue weighted by atomic mass is 10.2. The standard InChI is InChI=1S/C19H13N3O6S/c23-16-13(8-7-12-4-1-9-26-12)20-22(18(25)15-6-3-11-28-15)19(29)21(16)17(24)14-5-2-10-27-14/h1-6,9-11H,7-8H2. The van der Waals surface area contributed by atoms with Gasteiger partial charge in [-0.1, -0.05) is 0 Å². The van der Waals surface area contributed by atoms with Gasteiger partial charge < -0.3 is 13.3 Å². The Balaban J connectivity index is 1.84. The maximum atomic E-state index is 12.9. The molecule has 0 fully saturated rings. The predicted molar refractivity (Wildman–Crippen MR) is 100 cm³/mol. The van der Waals surface area contributed by atoms with Gasteiger partial charge in [0.15, 0.2) is 11.5 Å². The zero-order valence-electron chi connectivity index (χ0n) is 14.8. The van der Waals surface area contributed by atoms with Gasteiger partial charge in [0, 0.05) is 12.8 Å². The molecule has 0 amide bonds. The molecule has 0 saturated heterocycles. The molecule has 146 valence electrons. The van der Waals surface area contributed by atoms with Crippen molar-refractivity contribution in [2.45, 2.75) is 12.8 Å². The van der Waals surface area contributed by atoms with Crippen molar-refractivity contribution in [1.29, 1.82) is 0 Å². The molecule has 0 unspecified atom stereocenters. The van der Waals surface area contributed by atoms with Gasteiger partial charge in [-0.2, -0.15) is 9.78 Å². The van der Waals surface area contributed by atoms with Gasteiger partial charge in [-0.05, 0) is 48.6 Å². The molecule has 0 aliphatic carbocycles. The van der Waals surface area contributed by atoms with E-state index in [-0.39, 0.29) is 28.4 Å². The molecule has 4 rings (SSSR count). The SMILES string of the molecule is O=C(c1ccco1)n1nc(CCc2ccco2)c(=O)n(C(=O)c2ccco2)c1=S. The first-order valence-electron chi connectivity index (χ1n) is 8.50. The number of furan rings is 3. The van der Waals surface area contributed by atoms with Crippen molar-refractivity contribution in [3.63, 3.8) is 0 Å². The minimum atomic E-state index is -0.798. The fraction of sp³-hybridized carbons (Fsp3) is 0.105. The Bertz CT molecular complexity index is 1260. The minimum absolute atomic E-state index is 0.0326. The van der Waals surface area contributed by atoms with Crippen molar-refractivity contribution in [1.82, 2.24) is 14.3 Å². The highest BCUT2D eigenvalue weighted by Crippen LogP contribution is 2.09. The van der Waals surface area contributed by atoms with Crippen LogP contribution in [0.5, 0.6) is 0 Å². The lowest BCUT2D eigenvalue weighted by Gasteiger charge is -2.10. The first-order valence-corrected chi connectivity index (χ1v) is 8.91. The number of carbonyl (C=O) groups excluding carboxylic acids is 2. The Morgan fingerprint density at radius 3 is 2.10 bits per heavy atom. The molecule has 4 aromatic rings. The second kappa shape index (κ2) is 7.68. The van der Waals surface area contributed by atoms with E-state index in [0.29, 0.717) is 16.7 Å². The summed E-state index contributed by atoms with van der Waals surface area (Å²) in [6.07, 6.45) is 4.59. The Labute approximate surface area is 167 Å². The molecule has 0 aliphatic heterocycles. The molecule has 4 heterocycles. The van der Waals surface area contributed by atoms with Crippen molar-refractivity contribution in [2.75, 3.05) is 0 Å². The quantitative estimate of drug-likeness (QED) is 0.461. The Hall–Kier alpha value is -3.79. The van der Waals surface area contributed by atoms with Crippen molar-refractivity contribution in [3.05, 3.63) is 93.3 Å². The van der Waals surface area contributed by atoms with Gasteiger partial charge in [-0.25, -0.2) is 4.57 Å². The molecule has 0 radical (unpaired) electrons. The van der Waals surface area contributed by atoms with Gasteiger partial charge in [0.05, 0.1) is 18.8 Å². The molecule has 9 nitrogen and oxygen atoms in total. The normalized spacial score (nSPS) is 10.9. The molecule has 4 aromatic heterocycles. The summed E-state index contributed by atoms with van der Waals surface area (Å²) in [6, 6.07) is 9.31. The van der Waals surface area contributed by atoms with Crippen LogP contribution in [0.3, 0.4) is 0 Å². The first-order chi connectivity index (χ1) is 14.1. The average molecular weight is 411 g/mol. The predicted octanol–water partition coefficient (Wildman–Crippen LogP) is 2.72. The summed E-state index contributed by atoms with van der Waals surface area (Å²) in [7, 11) is 0. The second-order valence-electron chi connectivity index (χ2n) is 5.93. The van der Waals surface area contributed by atoms with Crippen LogP contribution in [0.15, 0.2) is 73.2 Å². The minimum Gasteiger partial charge on any atom is -0.469 e. The highest BCUT2D eigenvalue weighted by Gasteiger charge is 2.23. The number of rotatable bonds is 5. The monoisotopic (exact) mass is 411 g/mol. The van der Waals surface area contributed by atoms with Crippen LogP contribution in [0, 0.1) is 4.77 Å². The van der Waals surface area contributed by atoms with Crippen LogP contribution >= 0.6 is 12.2 Å². The highest BCUT2D eigenvalue weighted by molar-refractivity contribution is 7.71. The van der Waals surface area contributed by atoms with Crippen molar-refractivity contribution in [3.8, 4) is 0 Å². The molecule has 10 heteroatoms. The topological polar surface area (TPSA) is 113 Å². The summed E-state index contributed by atoms with van der Waals surface area (Å²) in [5.41, 5.74) is -0.763. The van der Waals surface area contributed by atoms with Gasteiger partial charge in [0.1, 0.15) is 11.5 Å². The lowest BCUT2D eigenvalue weighted by molar-refractivity contribution is 0.0891. The van der Waals surface area contributed by atoms with Crippen molar-refractivity contribution < 1.29 is 22.8 Å². The molecular weight excluding hydrogens is 398 g/mol. The molecule has 0 bridgehead atoms. The molecule has 0 atom stereocenters. The summed E-state index contributed by atoms with van der Waals surface area (Å²) in [5.74, 6) is -1.02. The van der Waals surface area contributed by atoms with Crippen LogP contribution in [-0.4, -0.2) is 26.2 Å². The van der Waals surface area contributed by atoms with E-state index in [9.17, 15) is 14.4 Å². The fourth-order valence-corrected chi connectivity index (χ4v) is 2.99. The first kappa shape index (κ1) is 18.6. The summed E-state index contributed by atoms with van der Waals surface area (Å²) < 4.78 is 16.6. The van der Waals surface area contributed by atoms with E-state index >= 15 is 0 Å². The molecule has 0 aromatic carbocycles. The van der Waals surface area contributed by atoms with Gasteiger partial charge in [-0.3, -0.25) is 14.4 Å². The number of nitrogens with zero attached hydrogens (tertiary/aromatic N) is 3. The van der Waals surface area contributed by atoms with E-state index in [0.717, 1.165) is 4.68 Å². The van der Waals surface area contributed by atoms with Crippen LogP contribution in [0.4, 0.5) is 0 Å². The maximum Gasteiger partial charge on any atom is 0.316 e. The van der Waals surface area contributed by atoms with E-state index in [2.05, 4.69) is 5.10 Å². The molecular formula is C19H13N3O6S. The Morgan fingerprint density at radius 1 is 0.897 bits per heavy atom. The third-order valence-corrected chi connectivity index (χ3v) is 4.45. The van der Waals surface area contributed by atoms with Crippen LogP contribution < -0.4 is 5.56 Å². The van der Waals surface area contributed by atoms with Gasteiger partial charge in [0.2, 0.25) is 4.77 Å². The third-order valence-electron chi connectivity index (χ3n) is 4.09. The number of hydrogen-bond acceptors (Lipinski definition) is 8. The summed E-state index contributed by atoms with van der Waals surface area (Å²) in [5, 5.41) is 4.10. The molecule has 0 aliphatic rings. The van der Waals surface area contributed by atoms with Crippen LogP contribution in [0.25, 0.3) is 0 Å². The molecule has 0 spiro atoms. The lowest BCUT2D eigenvalue weighted by Crippen LogP contribution is -2.37. The Morgan fingerprint density at radius 2 is 1.52 bits per heavy atom. The number of aryl methyl sites for hydroxylation is 2. The van der Waals surface area contributed by atoms with Crippen LogP contribution in [-0.2, 0) is 12.8 Å². The molecule has 29 heavy (non-hydrogen) atoms. The zero-order valence-corrected chi connectivity index (χ0v) is 15.6. The average Bonchev–Trinajstić information content (AvgIpc) is 3.50. The van der Waals surface area contributed by atoms with Gasteiger partial charge in [-0.15, -0.1) is 0 Å². The smallest absolute Gasteiger partial charge is 0.316 e. The number of carbonyl (C=O) groups is 2. The zero-order chi connectivity index (χ0) is 20.4. The highest BCUT2D eigenvalue weighted by atomic mass is 32.1. The van der Waals surface area contributed by atoms with Crippen molar-refractivity contribution in [2.24, 2.45) is 0 Å². The van der Waals surface area contributed by atoms with Crippen molar-refractivity contribution >= 4 is 24.0 Å². The summed E-state index contributed by atoms with van der Waals surface area (Å²) in [6.45, 7) is 0. The van der Waals surface area contributed by atoms with Crippen LogP contribution in [0.1, 0.15) is 32.6 Å². The number of hydrogen-bond donors (Lipinski definition) is 0. The van der Waals surface area contributed by atoms with E-state index < -0.39 is 17.4 Å². The van der Waals surface area contributed by atoms with E-state index in [4.69, 9.17) is 25.5 Å². The van der Waals surface area contributed by atoms with Gasteiger partial charge >= 0.3 is 11.8 Å². The third kappa shape index (κ3) is 3.52. The second-order valence-corrected chi connectivity index (χ2v) is 6.29. The van der Waals surface area contributed by atoms with E-state index in [1.165, 1.54) is 43.1 Å². The van der Waals surface area contributed by atoms with Gasteiger partial charge in [0.25, 0.3) is 5.56 Å². The van der Waals surface area contributed by atoms with Crippen LogP contribution in [0.2, 0.25) is 0 Å². The Kier molecular flexibility index (Phi) is 4.92. The summed E-state index contributed by atoms with van der Waals surface area (Å²) >= 11 is 5.22. The van der Waals surface area contributed by atoms with E-state index in [1.54, 1.807) is 12.1 Å². The molecule has 0 N–H and O–H groups in total. The molecule has 0 saturated carbocycles. The fourth-order valence-electron chi connectivity index (χ4n) is 2.70. The van der Waals surface area contributed by atoms with E-state index in [1.807, 2.05) is 0 Å². The summed E-state index contributed by atoms with van der Waals surface area (Å²) in [4.78, 5) is 38.5. The maximum absolute atomic E-state index is 12.9. The number of aromatic nitrogens is 3.